The number of benzene rings is 1. The molecule has 1 aliphatic rings. The molecule has 2 rings (SSSR count). The zero-order valence-electron chi connectivity index (χ0n) is 11.8. The fraction of sp³-hybridized carbons (Fsp3) is 0.533. The highest BCUT2D eigenvalue weighted by Gasteiger charge is 2.23. The lowest BCUT2D eigenvalue weighted by Gasteiger charge is -2.33. The summed E-state index contributed by atoms with van der Waals surface area (Å²) in [5.74, 6) is 0.0321. The van der Waals surface area contributed by atoms with Gasteiger partial charge in [0, 0.05) is 22.2 Å². The van der Waals surface area contributed by atoms with Crippen molar-refractivity contribution in [3.8, 4) is 0 Å². The van der Waals surface area contributed by atoms with Gasteiger partial charge in [-0.25, -0.2) is 0 Å². The second kappa shape index (κ2) is 7.20. The number of anilines is 1. The number of likely N-dealkylation sites (N-methyl/N-ethyl adjacent to an activating group) is 1. The zero-order valence-corrected chi connectivity index (χ0v) is 13.4. The Hall–Kier alpha value is -0.910. The quantitative estimate of drug-likeness (QED) is 0.886. The summed E-state index contributed by atoms with van der Waals surface area (Å²) in [6.45, 7) is 0.427. The van der Waals surface area contributed by atoms with Crippen molar-refractivity contribution in [3.63, 3.8) is 0 Å². The van der Waals surface area contributed by atoms with Crippen molar-refractivity contribution in [1.82, 2.24) is 4.90 Å². The molecule has 20 heavy (non-hydrogen) atoms. The van der Waals surface area contributed by atoms with Crippen molar-refractivity contribution in [2.75, 3.05) is 18.9 Å². The minimum atomic E-state index is 0.0321. The van der Waals surface area contributed by atoms with Crippen molar-refractivity contribution >= 4 is 27.5 Å². The van der Waals surface area contributed by atoms with Crippen LogP contribution in [0.5, 0.6) is 0 Å². The van der Waals surface area contributed by atoms with Crippen molar-refractivity contribution in [2.24, 2.45) is 5.73 Å². The van der Waals surface area contributed by atoms with Crippen LogP contribution in [0.4, 0.5) is 5.69 Å². The molecule has 1 fully saturated rings. The van der Waals surface area contributed by atoms with Gasteiger partial charge in [-0.2, -0.15) is 0 Å². The SMILES string of the molecule is CN(CC(=O)Nc1ccc(Br)cc1)C1CCC(N)CC1. The molecule has 1 saturated carbocycles. The Labute approximate surface area is 128 Å². The molecule has 110 valence electrons. The standard InChI is InChI=1S/C15H22BrN3O/c1-19(14-8-4-12(17)5-9-14)10-15(20)18-13-6-2-11(16)3-7-13/h2-3,6-7,12,14H,4-5,8-10,17H2,1H3,(H,18,20). The van der Waals surface area contributed by atoms with E-state index in [1.165, 1.54) is 0 Å². The van der Waals surface area contributed by atoms with E-state index in [9.17, 15) is 4.79 Å². The molecule has 1 aliphatic carbocycles. The number of halogens is 1. The van der Waals surface area contributed by atoms with Gasteiger partial charge >= 0.3 is 0 Å². The molecule has 0 spiro atoms. The molecule has 0 saturated heterocycles. The molecule has 4 nitrogen and oxygen atoms in total. The molecule has 0 bridgehead atoms. The third kappa shape index (κ3) is 4.58. The third-order valence-corrected chi connectivity index (χ3v) is 4.41. The number of amides is 1. The van der Waals surface area contributed by atoms with Gasteiger partial charge in [-0.1, -0.05) is 15.9 Å². The lowest BCUT2D eigenvalue weighted by atomic mass is 9.91. The van der Waals surface area contributed by atoms with Gasteiger partial charge in [0.15, 0.2) is 0 Å². The van der Waals surface area contributed by atoms with Crippen LogP contribution in [0.25, 0.3) is 0 Å². The molecule has 1 aromatic rings. The number of carbonyl (C=O) groups is 1. The van der Waals surface area contributed by atoms with E-state index in [0.717, 1.165) is 35.8 Å². The largest absolute Gasteiger partial charge is 0.328 e. The zero-order chi connectivity index (χ0) is 14.5. The predicted octanol–water partition coefficient (Wildman–Crippen LogP) is 2.59. The minimum Gasteiger partial charge on any atom is -0.328 e. The molecule has 5 heteroatoms. The summed E-state index contributed by atoms with van der Waals surface area (Å²) in [6, 6.07) is 8.44. The van der Waals surface area contributed by atoms with Crippen molar-refractivity contribution in [3.05, 3.63) is 28.7 Å². The second-order valence-electron chi connectivity index (χ2n) is 5.54. The van der Waals surface area contributed by atoms with Crippen LogP contribution in [-0.2, 0) is 4.79 Å². The third-order valence-electron chi connectivity index (χ3n) is 3.89. The molecule has 0 unspecified atom stereocenters. The number of nitrogens with zero attached hydrogens (tertiary/aromatic N) is 1. The average molecular weight is 340 g/mol. The summed E-state index contributed by atoms with van der Waals surface area (Å²) in [5, 5.41) is 2.92. The first kappa shape index (κ1) is 15.5. The van der Waals surface area contributed by atoms with Gasteiger partial charge < -0.3 is 11.1 Å². The molecule has 3 N–H and O–H groups in total. The van der Waals surface area contributed by atoms with Gasteiger partial charge in [0.2, 0.25) is 5.91 Å². The van der Waals surface area contributed by atoms with E-state index in [1.54, 1.807) is 0 Å². The minimum absolute atomic E-state index is 0.0321. The van der Waals surface area contributed by atoms with E-state index in [1.807, 2.05) is 31.3 Å². The summed E-state index contributed by atoms with van der Waals surface area (Å²) in [6.07, 6.45) is 4.29. The van der Waals surface area contributed by atoms with Crippen molar-refractivity contribution < 1.29 is 4.79 Å². The monoisotopic (exact) mass is 339 g/mol. The van der Waals surface area contributed by atoms with Crippen LogP contribution in [0.2, 0.25) is 0 Å². The van der Waals surface area contributed by atoms with Gasteiger partial charge in [0.25, 0.3) is 0 Å². The van der Waals surface area contributed by atoms with Gasteiger partial charge in [-0.05, 0) is 57.0 Å². The lowest BCUT2D eigenvalue weighted by Crippen LogP contribution is -2.42. The Morgan fingerprint density at radius 2 is 1.90 bits per heavy atom. The van der Waals surface area contributed by atoms with Crippen LogP contribution in [0, 0.1) is 0 Å². The molecule has 0 aromatic heterocycles. The Morgan fingerprint density at radius 3 is 2.50 bits per heavy atom. The summed E-state index contributed by atoms with van der Waals surface area (Å²) < 4.78 is 1.01. The normalized spacial score (nSPS) is 22.8. The van der Waals surface area contributed by atoms with E-state index in [0.29, 0.717) is 18.6 Å². The average Bonchev–Trinajstić information content (AvgIpc) is 2.42. The van der Waals surface area contributed by atoms with Crippen LogP contribution in [0.1, 0.15) is 25.7 Å². The van der Waals surface area contributed by atoms with Gasteiger partial charge in [-0.15, -0.1) is 0 Å². The summed E-state index contributed by atoms with van der Waals surface area (Å²) in [7, 11) is 2.02. The van der Waals surface area contributed by atoms with Gasteiger partial charge in [0.05, 0.1) is 6.54 Å². The first-order valence-corrected chi connectivity index (χ1v) is 7.85. The van der Waals surface area contributed by atoms with E-state index in [2.05, 4.69) is 26.1 Å². The maximum Gasteiger partial charge on any atom is 0.238 e. The highest BCUT2D eigenvalue weighted by molar-refractivity contribution is 9.10. The van der Waals surface area contributed by atoms with Crippen LogP contribution in [0.3, 0.4) is 0 Å². The first-order valence-electron chi connectivity index (χ1n) is 7.06. The van der Waals surface area contributed by atoms with Crippen LogP contribution in [0.15, 0.2) is 28.7 Å². The predicted molar refractivity (Wildman–Crippen MR) is 85.6 cm³/mol. The number of nitrogens with two attached hydrogens (primary N) is 1. The molecular weight excluding hydrogens is 318 g/mol. The van der Waals surface area contributed by atoms with Gasteiger partial charge in [-0.3, -0.25) is 9.69 Å². The smallest absolute Gasteiger partial charge is 0.238 e. The van der Waals surface area contributed by atoms with E-state index in [-0.39, 0.29) is 5.91 Å². The van der Waals surface area contributed by atoms with E-state index >= 15 is 0 Å². The number of rotatable bonds is 4. The molecule has 0 atom stereocenters. The molecule has 1 aromatic carbocycles. The molecular formula is C15H22BrN3O. The number of hydrogen-bond donors (Lipinski definition) is 2. The fourth-order valence-corrected chi connectivity index (χ4v) is 2.90. The van der Waals surface area contributed by atoms with Crippen LogP contribution >= 0.6 is 15.9 Å². The Balaban J connectivity index is 1.80. The van der Waals surface area contributed by atoms with E-state index in [4.69, 9.17) is 5.73 Å². The van der Waals surface area contributed by atoms with Crippen molar-refractivity contribution in [1.29, 1.82) is 0 Å². The Bertz CT molecular complexity index is 441. The van der Waals surface area contributed by atoms with E-state index < -0.39 is 0 Å². The Morgan fingerprint density at radius 1 is 1.30 bits per heavy atom. The first-order chi connectivity index (χ1) is 9.54. The summed E-state index contributed by atoms with van der Waals surface area (Å²) >= 11 is 3.38. The topological polar surface area (TPSA) is 58.4 Å². The molecule has 0 aliphatic heterocycles. The van der Waals surface area contributed by atoms with Crippen LogP contribution in [-0.4, -0.2) is 36.5 Å². The lowest BCUT2D eigenvalue weighted by molar-refractivity contribution is -0.117. The van der Waals surface area contributed by atoms with Crippen LogP contribution < -0.4 is 11.1 Å². The second-order valence-corrected chi connectivity index (χ2v) is 6.45. The molecule has 1 amide bonds. The number of nitrogens with one attached hydrogen (secondary N) is 1. The fourth-order valence-electron chi connectivity index (χ4n) is 2.63. The highest BCUT2D eigenvalue weighted by Crippen LogP contribution is 2.21. The molecule has 0 heterocycles. The number of hydrogen-bond acceptors (Lipinski definition) is 3. The Kier molecular flexibility index (Phi) is 5.57. The summed E-state index contributed by atoms with van der Waals surface area (Å²) in [5.41, 5.74) is 6.74. The maximum absolute atomic E-state index is 12.0. The van der Waals surface area contributed by atoms with Gasteiger partial charge in [0.1, 0.15) is 0 Å². The molecule has 0 radical (unpaired) electrons. The maximum atomic E-state index is 12.0. The summed E-state index contributed by atoms with van der Waals surface area (Å²) in [4.78, 5) is 14.2. The van der Waals surface area contributed by atoms with Crippen molar-refractivity contribution in [2.45, 2.75) is 37.8 Å². The highest BCUT2D eigenvalue weighted by atomic mass is 79.9. The number of carbonyl (C=O) groups excluding carboxylic acids is 1.